The molecule has 0 radical (unpaired) electrons. The molecule has 2 heterocycles. The molecule has 2 aliphatic rings. The fourth-order valence-electron chi connectivity index (χ4n) is 5.25. The van der Waals surface area contributed by atoms with E-state index in [4.69, 9.17) is 23.2 Å². The predicted octanol–water partition coefficient (Wildman–Crippen LogP) is 3.98. The number of piperidine rings is 1. The number of fused-ring (bicyclic) bond motifs is 1. The highest BCUT2D eigenvalue weighted by atomic mass is 35.5. The molecule has 0 atom stereocenters. The standard InChI is InChI=1S/C28H30Cl2N4O4/c1-32(15-18-3-5-22(29)23(30)13-18)25(35)16-34-17-31-24-6-4-20(14-21(24)26(34)36)19-7-11-33(12-8-19)27(37)28(38)9-2-10-28/h3-6,13-14,17,19,38H,2,7-12,15-16H2,1H3. The Labute approximate surface area is 230 Å². The van der Waals surface area contributed by atoms with Crippen molar-refractivity contribution in [1.29, 1.82) is 0 Å². The lowest BCUT2D eigenvalue weighted by Crippen LogP contribution is -2.54. The normalized spacial score (nSPS) is 17.3. The molecule has 1 aliphatic heterocycles. The molecule has 2 amide bonds. The Balaban J connectivity index is 1.27. The maximum absolute atomic E-state index is 13.3. The SMILES string of the molecule is CN(Cc1ccc(Cl)c(Cl)c1)C(=O)Cn1cnc2ccc(C3CCN(C(=O)C4(O)CCC4)CC3)cc2c1=O. The van der Waals surface area contributed by atoms with Crippen molar-refractivity contribution in [2.24, 2.45) is 0 Å². The number of likely N-dealkylation sites (N-methyl/N-ethyl adjacent to an activating group) is 1. The summed E-state index contributed by atoms with van der Waals surface area (Å²) in [7, 11) is 1.67. The van der Waals surface area contributed by atoms with E-state index in [1.807, 2.05) is 18.2 Å². The lowest BCUT2D eigenvalue weighted by molar-refractivity contribution is -0.161. The zero-order chi connectivity index (χ0) is 27.0. The maximum Gasteiger partial charge on any atom is 0.261 e. The number of likely N-dealkylation sites (tertiary alicyclic amines) is 1. The van der Waals surface area contributed by atoms with Crippen molar-refractivity contribution < 1.29 is 14.7 Å². The smallest absolute Gasteiger partial charge is 0.261 e. The fraction of sp³-hybridized carbons (Fsp3) is 0.429. The van der Waals surface area contributed by atoms with Crippen LogP contribution in [0.3, 0.4) is 0 Å². The molecule has 8 nitrogen and oxygen atoms in total. The van der Waals surface area contributed by atoms with Gasteiger partial charge in [-0.1, -0.05) is 35.3 Å². The van der Waals surface area contributed by atoms with Gasteiger partial charge in [-0.3, -0.25) is 19.0 Å². The number of hydrogen-bond donors (Lipinski definition) is 1. The molecule has 3 aromatic rings. The van der Waals surface area contributed by atoms with E-state index in [2.05, 4.69) is 4.98 Å². The lowest BCUT2D eigenvalue weighted by Gasteiger charge is -2.41. The van der Waals surface area contributed by atoms with Gasteiger partial charge in [0.2, 0.25) is 5.91 Å². The molecule has 1 saturated carbocycles. The third kappa shape index (κ3) is 5.30. The summed E-state index contributed by atoms with van der Waals surface area (Å²) >= 11 is 12.1. The van der Waals surface area contributed by atoms with Gasteiger partial charge in [-0.05, 0) is 73.4 Å². The molecule has 5 rings (SSSR count). The summed E-state index contributed by atoms with van der Waals surface area (Å²) in [4.78, 5) is 46.5. The van der Waals surface area contributed by atoms with Gasteiger partial charge in [0.15, 0.2) is 0 Å². The van der Waals surface area contributed by atoms with Gasteiger partial charge in [-0.25, -0.2) is 4.98 Å². The van der Waals surface area contributed by atoms with Crippen molar-refractivity contribution in [2.45, 2.75) is 56.7 Å². The van der Waals surface area contributed by atoms with E-state index in [1.54, 1.807) is 30.1 Å². The van der Waals surface area contributed by atoms with Crippen LogP contribution in [-0.4, -0.2) is 62.0 Å². The topological polar surface area (TPSA) is 95.7 Å². The number of amides is 2. The van der Waals surface area contributed by atoms with Gasteiger partial charge in [0.25, 0.3) is 11.5 Å². The number of rotatable bonds is 6. The van der Waals surface area contributed by atoms with E-state index in [9.17, 15) is 19.5 Å². The molecule has 0 bridgehead atoms. The summed E-state index contributed by atoms with van der Waals surface area (Å²) in [6.07, 6.45) is 4.91. The van der Waals surface area contributed by atoms with Crippen LogP contribution in [0.5, 0.6) is 0 Å². The molecule has 2 aromatic carbocycles. The Hall–Kier alpha value is -2.94. The van der Waals surface area contributed by atoms with Crippen molar-refractivity contribution in [1.82, 2.24) is 19.4 Å². The first-order chi connectivity index (χ1) is 18.1. The lowest BCUT2D eigenvalue weighted by atomic mass is 9.78. The summed E-state index contributed by atoms with van der Waals surface area (Å²) in [6, 6.07) is 10.9. The first kappa shape index (κ1) is 26.7. The first-order valence-electron chi connectivity index (χ1n) is 12.8. The average molecular weight is 557 g/mol. The summed E-state index contributed by atoms with van der Waals surface area (Å²) in [6.45, 7) is 1.36. The minimum Gasteiger partial charge on any atom is -0.380 e. The van der Waals surface area contributed by atoms with E-state index in [0.717, 1.165) is 30.4 Å². The van der Waals surface area contributed by atoms with Crippen LogP contribution < -0.4 is 5.56 Å². The Bertz CT molecular complexity index is 1440. The zero-order valence-electron chi connectivity index (χ0n) is 21.2. The molecular weight excluding hydrogens is 527 g/mol. The Morgan fingerprint density at radius 2 is 1.84 bits per heavy atom. The Morgan fingerprint density at radius 1 is 1.11 bits per heavy atom. The molecule has 1 saturated heterocycles. The van der Waals surface area contributed by atoms with E-state index in [0.29, 0.717) is 53.4 Å². The Morgan fingerprint density at radius 3 is 2.50 bits per heavy atom. The van der Waals surface area contributed by atoms with Crippen LogP contribution in [0.2, 0.25) is 10.0 Å². The van der Waals surface area contributed by atoms with Crippen LogP contribution in [0, 0.1) is 0 Å². The second-order valence-corrected chi connectivity index (χ2v) is 11.2. The van der Waals surface area contributed by atoms with Gasteiger partial charge in [0.1, 0.15) is 12.1 Å². The van der Waals surface area contributed by atoms with Crippen LogP contribution in [0.25, 0.3) is 10.9 Å². The molecule has 0 spiro atoms. The third-order valence-electron chi connectivity index (χ3n) is 7.82. The van der Waals surface area contributed by atoms with Crippen LogP contribution >= 0.6 is 23.2 Å². The molecule has 0 unspecified atom stereocenters. The van der Waals surface area contributed by atoms with Gasteiger partial charge in [-0.15, -0.1) is 0 Å². The highest BCUT2D eigenvalue weighted by Crippen LogP contribution is 2.36. The fourth-order valence-corrected chi connectivity index (χ4v) is 5.57. The molecule has 2 fully saturated rings. The van der Waals surface area contributed by atoms with Crippen molar-refractivity contribution in [3.8, 4) is 0 Å². The zero-order valence-corrected chi connectivity index (χ0v) is 22.7. The second-order valence-electron chi connectivity index (χ2n) is 10.4. The monoisotopic (exact) mass is 556 g/mol. The van der Waals surface area contributed by atoms with Crippen molar-refractivity contribution in [3.63, 3.8) is 0 Å². The number of carbonyl (C=O) groups excluding carboxylic acids is 2. The van der Waals surface area contributed by atoms with Gasteiger partial charge < -0.3 is 14.9 Å². The van der Waals surface area contributed by atoms with Gasteiger partial charge in [0.05, 0.1) is 27.3 Å². The predicted molar refractivity (Wildman–Crippen MR) is 146 cm³/mol. The van der Waals surface area contributed by atoms with Crippen molar-refractivity contribution in [2.75, 3.05) is 20.1 Å². The number of benzene rings is 2. The molecule has 38 heavy (non-hydrogen) atoms. The van der Waals surface area contributed by atoms with Gasteiger partial charge in [0, 0.05) is 26.7 Å². The van der Waals surface area contributed by atoms with Gasteiger partial charge >= 0.3 is 0 Å². The highest BCUT2D eigenvalue weighted by molar-refractivity contribution is 6.42. The number of hydrogen-bond acceptors (Lipinski definition) is 5. The van der Waals surface area contributed by atoms with Crippen molar-refractivity contribution >= 4 is 45.9 Å². The highest BCUT2D eigenvalue weighted by Gasteiger charge is 2.45. The summed E-state index contributed by atoms with van der Waals surface area (Å²) < 4.78 is 1.33. The minimum atomic E-state index is -1.17. The Kier molecular flexibility index (Phi) is 7.49. The van der Waals surface area contributed by atoms with E-state index >= 15 is 0 Å². The third-order valence-corrected chi connectivity index (χ3v) is 8.55. The summed E-state index contributed by atoms with van der Waals surface area (Å²) in [5.74, 6) is -0.186. The number of aliphatic hydroxyl groups is 1. The van der Waals surface area contributed by atoms with Crippen molar-refractivity contribution in [3.05, 3.63) is 74.3 Å². The van der Waals surface area contributed by atoms with E-state index < -0.39 is 5.60 Å². The molecule has 1 N–H and O–H groups in total. The molecule has 10 heteroatoms. The van der Waals surface area contributed by atoms with Gasteiger partial charge in [-0.2, -0.15) is 0 Å². The van der Waals surface area contributed by atoms with Crippen LogP contribution in [0.4, 0.5) is 0 Å². The number of halogens is 2. The number of carbonyl (C=O) groups is 2. The van der Waals surface area contributed by atoms with Crippen LogP contribution in [0.1, 0.15) is 49.1 Å². The first-order valence-corrected chi connectivity index (χ1v) is 13.6. The maximum atomic E-state index is 13.3. The second kappa shape index (κ2) is 10.7. The van der Waals surface area contributed by atoms with E-state index in [-0.39, 0.29) is 29.8 Å². The molecule has 1 aromatic heterocycles. The van der Waals surface area contributed by atoms with E-state index in [1.165, 1.54) is 15.8 Å². The van der Waals surface area contributed by atoms with Crippen LogP contribution in [0.15, 0.2) is 47.5 Å². The quantitative estimate of drug-likeness (QED) is 0.495. The number of aromatic nitrogens is 2. The minimum absolute atomic E-state index is 0.132. The average Bonchev–Trinajstić information content (AvgIpc) is 2.90. The summed E-state index contributed by atoms with van der Waals surface area (Å²) in [5, 5.41) is 11.7. The molecule has 1 aliphatic carbocycles. The van der Waals surface area contributed by atoms with Crippen LogP contribution in [-0.2, 0) is 22.7 Å². The largest absolute Gasteiger partial charge is 0.380 e. The molecular formula is C28H30Cl2N4O4. The summed E-state index contributed by atoms with van der Waals surface area (Å²) in [5.41, 5.74) is 0.990. The number of nitrogens with zero attached hydrogens (tertiary/aromatic N) is 4. The molecule has 200 valence electrons.